The van der Waals surface area contributed by atoms with Gasteiger partial charge in [0, 0.05) is 25.2 Å². The summed E-state index contributed by atoms with van der Waals surface area (Å²) in [4.78, 5) is 14.1. The van der Waals surface area contributed by atoms with Crippen molar-refractivity contribution in [1.82, 2.24) is 15.4 Å². The summed E-state index contributed by atoms with van der Waals surface area (Å²) in [6.45, 7) is 10.8. The summed E-state index contributed by atoms with van der Waals surface area (Å²) in [5.41, 5.74) is 4.39. The maximum atomic E-state index is 12.4. The van der Waals surface area contributed by atoms with Gasteiger partial charge in [-0.2, -0.15) is 0 Å². The van der Waals surface area contributed by atoms with Crippen LogP contribution in [0, 0.1) is 13.8 Å². The molecule has 2 aromatic rings. The van der Waals surface area contributed by atoms with Gasteiger partial charge in [0.15, 0.2) is 0 Å². The Morgan fingerprint density at radius 2 is 1.84 bits per heavy atom. The van der Waals surface area contributed by atoms with Crippen LogP contribution in [0.15, 0.2) is 28.8 Å². The lowest BCUT2D eigenvalue weighted by atomic mass is 10.0. The molecule has 0 saturated carbocycles. The molecule has 0 aliphatic heterocycles. The summed E-state index contributed by atoms with van der Waals surface area (Å²) >= 11 is 0. The Morgan fingerprint density at radius 3 is 2.36 bits per heavy atom. The van der Waals surface area contributed by atoms with E-state index in [9.17, 15) is 4.79 Å². The average molecular weight is 343 g/mol. The van der Waals surface area contributed by atoms with Gasteiger partial charge in [0.05, 0.1) is 5.69 Å². The highest BCUT2D eigenvalue weighted by Crippen LogP contribution is 2.16. The third-order valence-electron chi connectivity index (χ3n) is 4.47. The fourth-order valence-electron chi connectivity index (χ4n) is 2.83. The molecular formula is C20H29N3O2. The molecule has 5 nitrogen and oxygen atoms in total. The summed E-state index contributed by atoms with van der Waals surface area (Å²) in [5.74, 6) is 1.33. The van der Waals surface area contributed by atoms with E-state index in [-0.39, 0.29) is 12.1 Å². The van der Waals surface area contributed by atoms with Gasteiger partial charge in [0.25, 0.3) is 0 Å². The molecule has 0 spiro atoms. The van der Waals surface area contributed by atoms with Crippen LogP contribution in [-0.4, -0.2) is 29.2 Å². The standard InChI is InChI=1S/C20H29N3O2/c1-13(2)18-9-7-17(8-10-18)12-23(6)20(24)21-14(3)11-19-15(4)22-25-16(19)5/h7-10,13-14H,11-12H2,1-6H3,(H,21,24). The maximum absolute atomic E-state index is 12.4. The van der Waals surface area contributed by atoms with Gasteiger partial charge in [-0.15, -0.1) is 0 Å². The van der Waals surface area contributed by atoms with E-state index in [0.29, 0.717) is 18.9 Å². The minimum Gasteiger partial charge on any atom is -0.361 e. The Hall–Kier alpha value is -2.30. The zero-order valence-electron chi connectivity index (χ0n) is 16.1. The van der Waals surface area contributed by atoms with Crippen LogP contribution >= 0.6 is 0 Å². The van der Waals surface area contributed by atoms with Crippen LogP contribution in [0.2, 0.25) is 0 Å². The number of hydrogen-bond acceptors (Lipinski definition) is 3. The van der Waals surface area contributed by atoms with E-state index >= 15 is 0 Å². The number of hydrogen-bond donors (Lipinski definition) is 1. The maximum Gasteiger partial charge on any atom is 0.317 e. The van der Waals surface area contributed by atoms with Gasteiger partial charge in [-0.1, -0.05) is 43.3 Å². The molecule has 1 aromatic carbocycles. The molecule has 1 aromatic heterocycles. The molecule has 0 aliphatic carbocycles. The molecule has 1 N–H and O–H groups in total. The lowest BCUT2D eigenvalue weighted by Crippen LogP contribution is -2.42. The lowest BCUT2D eigenvalue weighted by Gasteiger charge is -2.21. The molecule has 0 radical (unpaired) electrons. The summed E-state index contributed by atoms with van der Waals surface area (Å²) in [6.07, 6.45) is 0.712. The second kappa shape index (κ2) is 8.19. The first-order chi connectivity index (χ1) is 11.8. The molecule has 136 valence electrons. The monoisotopic (exact) mass is 343 g/mol. The van der Waals surface area contributed by atoms with Crippen molar-refractivity contribution in [3.05, 3.63) is 52.4 Å². The highest BCUT2D eigenvalue weighted by atomic mass is 16.5. The molecule has 25 heavy (non-hydrogen) atoms. The molecule has 2 rings (SSSR count). The van der Waals surface area contributed by atoms with E-state index in [4.69, 9.17) is 4.52 Å². The first kappa shape index (κ1) is 19.0. The summed E-state index contributed by atoms with van der Waals surface area (Å²) in [5, 5.41) is 7.00. The first-order valence-electron chi connectivity index (χ1n) is 8.80. The first-order valence-corrected chi connectivity index (χ1v) is 8.80. The zero-order valence-corrected chi connectivity index (χ0v) is 16.1. The van der Waals surface area contributed by atoms with Crippen molar-refractivity contribution in [2.75, 3.05) is 7.05 Å². The van der Waals surface area contributed by atoms with Gasteiger partial charge < -0.3 is 14.7 Å². The summed E-state index contributed by atoms with van der Waals surface area (Å²) < 4.78 is 5.18. The van der Waals surface area contributed by atoms with Crippen molar-refractivity contribution < 1.29 is 9.32 Å². The number of carbonyl (C=O) groups is 1. The van der Waals surface area contributed by atoms with Crippen LogP contribution in [0.1, 0.15) is 54.8 Å². The Labute approximate surface area is 150 Å². The number of amides is 2. The highest BCUT2D eigenvalue weighted by molar-refractivity contribution is 5.74. The van der Waals surface area contributed by atoms with Gasteiger partial charge in [-0.05, 0) is 44.2 Å². The van der Waals surface area contributed by atoms with Crippen molar-refractivity contribution in [3.63, 3.8) is 0 Å². The second-order valence-electron chi connectivity index (χ2n) is 7.11. The number of carbonyl (C=O) groups excluding carboxylic acids is 1. The molecule has 5 heteroatoms. The van der Waals surface area contributed by atoms with Crippen molar-refractivity contribution in [3.8, 4) is 0 Å². The minimum absolute atomic E-state index is 0.00932. The van der Waals surface area contributed by atoms with Crippen LogP contribution in [0.4, 0.5) is 4.79 Å². The van der Waals surface area contributed by atoms with Gasteiger partial charge in [0.1, 0.15) is 5.76 Å². The molecule has 0 fully saturated rings. The fourth-order valence-corrected chi connectivity index (χ4v) is 2.83. The van der Waals surface area contributed by atoms with Crippen molar-refractivity contribution in [1.29, 1.82) is 0 Å². The number of urea groups is 1. The topological polar surface area (TPSA) is 58.4 Å². The predicted molar refractivity (Wildman–Crippen MR) is 99.7 cm³/mol. The van der Waals surface area contributed by atoms with E-state index in [0.717, 1.165) is 22.6 Å². The lowest BCUT2D eigenvalue weighted by molar-refractivity contribution is 0.203. The smallest absolute Gasteiger partial charge is 0.317 e. The average Bonchev–Trinajstić information content (AvgIpc) is 2.87. The SMILES string of the molecule is Cc1noc(C)c1CC(C)NC(=O)N(C)Cc1ccc(C(C)C)cc1. The van der Waals surface area contributed by atoms with E-state index in [1.807, 2.05) is 27.8 Å². The normalized spacial score (nSPS) is 12.3. The number of aromatic nitrogens is 1. The van der Waals surface area contributed by atoms with E-state index < -0.39 is 0 Å². The molecule has 1 unspecified atom stereocenters. The zero-order chi connectivity index (χ0) is 18.6. The van der Waals surface area contributed by atoms with Crippen LogP contribution in [0.5, 0.6) is 0 Å². The Bertz CT molecular complexity index is 685. The number of nitrogens with one attached hydrogen (secondary N) is 1. The number of aryl methyl sites for hydroxylation is 2. The van der Waals surface area contributed by atoms with Crippen molar-refractivity contribution in [2.45, 2.75) is 59.5 Å². The van der Waals surface area contributed by atoms with Gasteiger partial charge in [-0.3, -0.25) is 0 Å². The number of nitrogens with zero attached hydrogens (tertiary/aromatic N) is 2. The Balaban J connectivity index is 1.89. The summed E-state index contributed by atoms with van der Waals surface area (Å²) in [7, 11) is 1.81. The third kappa shape index (κ3) is 5.08. The molecular weight excluding hydrogens is 314 g/mol. The van der Waals surface area contributed by atoms with Crippen LogP contribution < -0.4 is 5.32 Å². The molecule has 2 amide bonds. The minimum atomic E-state index is -0.0767. The van der Waals surface area contributed by atoms with E-state index in [1.54, 1.807) is 4.90 Å². The van der Waals surface area contributed by atoms with E-state index in [2.05, 4.69) is 48.6 Å². The quantitative estimate of drug-likeness (QED) is 0.855. The molecule has 0 bridgehead atoms. The largest absolute Gasteiger partial charge is 0.361 e. The Morgan fingerprint density at radius 1 is 1.20 bits per heavy atom. The highest BCUT2D eigenvalue weighted by Gasteiger charge is 2.16. The van der Waals surface area contributed by atoms with Gasteiger partial charge in [-0.25, -0.2) is 4.79 Å². The van der Waals surface area contributed by atoms with Crippen molar-refractivity contribution in [2.24, 2.45) is 0 Å². The predicted octanol–water partition coefficient (Wildman–Crippen LogP) is 4.19. The second-order valence-corrected chi connectivity index (χ2v) is 7.11. The van der Waals surface area contributed by atoms with Crippen molar-refractivity contribution >= 4 is 6.03 Å². The Kier molecular flexibility index (Phi) is 6.23. The third-order valence-corrected chi connectivity index (χ3v) is 4.47. The molecule has 1 atom stereocenters. The number of rotatable bonds is 6. The molecule has 0 saturated heterocycles. The van der Waals surface area contributed by atoms with Crippen LogP contribution in [-0.2, 0) is 13.0 Å². The van der Waals surface area contributed by atoms with Gasteiger partial charge in [0.2, 0.25) is 0 Å². The number of benzene rings is 1. The molecule has 1 heterocycles. The summed E-state index contributed by atoms with van der Waals surface area (Å²) in [6, 6.07) is 8.37. The fraction of sp³-hybridized carbons (Fsp3) is 0.500. The van der Waals surface area contributed by atoms with E-state index in [1.165, 1.54) is 5.56 Å². The van der Waals surface area contributed by atoms with Gasteiger partial charge >= 0.3 is 6.03 Å². The van der Waals surface area contributed by atoms with Crippen LogP contribution in [0.25, 0.3) is 0 Å². The van der Waals surface area contributed by atoms with Crippen LogP contribution in [0.3, 0.4) is 0 Å². The molecule has 0 aliphatic rings.